The van der Waals surface area contributed by atoms with Gasteiger partial charge in [0.25, 0.3) is 0 Å². The van der Waals surface area contributed by atoms with E-state index < -0.39 is 17.6 Å². The number of pyridine rings is 1. The first-order chi connectivity index (χ1) is 9.27. The number of nitrogen functional groups attached to an aromatic ring is 1. The second-order valence-corrected chi connectivity index (χ2v) is 4.27. The largest absolute Gasteiger partial charge is 0.419 e. The van der Waals surface area contributed by atoms with Crippen LogP contribution in [0.25, 0.3) is 0 Å². The van der Waals surface area contributed by atoms with Crippen molar-refractivity contribution < 1.29 is 17.6 Å². The van der Waals surface area contributed by atoms with Crippen LogP contribution in [0.2, 0.25) is 0 Å². The van der Waals surface area contributed by atoms with Crippen molar-refractivity contribution in [1.82, 2.24) is 4.98 Å². The molecule has 1 aromatic carbocycles. The van der Waals surface area contributed by atoms with Gasteiger partial charge in [-0.3, -0.25) is 0 Å². The van der Waals surface area contributed by atoms with E-state index in [9.17, 15) is 17.6 Å². The Morgan fingerprint density at radius 1 is 1.20 bits per heavy atom. The molecule has 106 valence electrons. The smallest absolute Gasteiger partial charge is 0.396 e. The van der Waals surface area contributed by atoms with Gasteiger partial charge in [0.1, 0.15) is 5.82 Å². The van der Waals surface area contributed by atoms with Crippen molar-refractivity contribution in [3.63, 3.8) is 0 Å². The number of nitrogens with one attached hydrogen (secondary N) is 1. The number of anilines is 3. The molecule has 0 saturated heterocycles. The first-order valence-corrected chi connectivity index (χ1v) is 5.63. The number of alkyl halides is 3. The van der Waals surface area contributed by atoms with Gasteiger partial charge in [-0.15, -0.1) is 0 Å². The predicted molar refractivity (Wildman–Crippen MR) is 68.1 cm³/mol. The molecule has 2 rings (SSSR count). The lowest BCUT2D eigenvalue weighted by molar-refractivity contribution is -0.139. The van der Waals surface area contributed by atoms with Crippen LogP contribution in [0.4, 0.5) is 34.8 Å². The molecule has 0 radical (unpaired) electrons. The van der Waals surface area contributed by atoms with Gasteiger partial charge < -0.3 is 11.1 Å². The highest BCUT2D eigenvalue weighted by molar-refractivity contribution is 5.69. The van der Waals surface area contributed by atoms with Gasteiger partial charge in [-0.2, -0.15) is 13.2 Å². The summed E-state index contributed by atoms with van der Waals surface area (Å²) in [4.78, 5) is 3.98. The van der Waals surface area contributed by atoms with Crippen molar-refractivity contribution in [3.05, 3.63) is 47.4 Å². The van der Waals surface area contributed by atoms with Gasteiger partial charge in [-0.1, -0.05) is 0 Å². The molecule has 0 fully saturated rings. The van der Waals surface area contributed by atoms with Gasteiger partial charge in [0.15, 0.2) is 5.82 Å². The summed E-state index contributed by atoms with van der Waals surface area (Å²) >= 11 is 0. The monoisotopic (exact) mass is 285 g/mol. The molecule has 0 bridgehead atoms. The quantitative estimate of drug-likeness (QED) is 0.823. The molecular weight excluding hydrogens is 274 g/mol. The molecule has 1 aromatic heterocycles. The second kappa shape index (κ2) is 4.99. The fourth-order valence-corrected chi connectivity index (χ4v) is 1.65. The zero-order valence-corrected chi connectivity index (χ0v) is 10.4. The number of nitrogens with zero attached hydrogens (tertiary/aromatic N) is 1. The molecule has 0 atom stereocenters. The molecule has 0 spiro atoms. The van der Waals surface area contributed by atoms with Gasteiger partial charge in [0, 0.05) is 11.9 Å². The molecule has 0 saturated carbocycles. The maximum atomic E-state index is 13.1. The number of benzene rings is 1. The summed E-state index contributed by atoms with van der Waals surface area (Å²) in [6.45, 7) is 1.78. The average Bonchev–Trinajstić information content (AvgIpc) is 2.33. The summed E-state index contributed by atoms with van der Waals surface area (Å²) in [5.41, 5.74) is 5.54. The number of aryl methyl sites for hydroxylation is 1. The fourth-order valence-electron chi connectivity index (χ4n) is 1.65. The molecule has 3 N–H and O–H groups in total. The van der Waals surface area contributed by atoms with Gasteiger partial charge >= 0.3 is 6.18 Å². The molecule has 1 heterocycles. The van der Waals surface area contributed by atoms with Gasteiger partial charge in [0.2, 0.25) is 0 Å². The minimum atomic E-state index is -4.76. The van der Waals surface area contributed by atoms with E-state index in [2.05, 4.69) is 10.3 Å². The van der Waals surface area contributed by atoms with Crippen LogP contribution in [0.15, 0.2) is 30.5 Å². The lowest BCUT2D eigenvalue weighted by Crippen LogP contribution is -2.09. The zero-order chi connectivity index (χ0) is 14.9. The standard InChI is InChI=1S/C13H11F4N3/c1-7-4-11(18)12(19-6-7)20-8-2-3-10(14)9(5-8)13(15,16)17/h2-6H,18H2,1H3,(H,19,20). The number of hydrogen-bond donors (Lipinski definition) is 2. The Hall–Kier alpha value is -2.31. The fraction of sp³-hybridized carbons (Fsp3) is 0.154. The predicted octanol–water partition coefficient (Wildman–Crippen LogP) is 3.87. The summed E-state index contributed by atoms with van der Waals surface area (Å²) < 4.78 is 50.9. The van der Waals surface area contributed by atoms with E-state index in [1.54, 1.807) is 13.0 Å². The van der Waals surface area contributed by atoms with Crippen LogP contribution in [0.3, 0.4) is 0 Å². The first kappa shape index (κ1) is 14.1. The molecule has 0 aliphatic carbocycles. The SMILES string of the molecule is Cc1cnc(Nc2ccc(F)c(C(F)(F)F)c2)c(N)c1. The van der Waals surface area contributed by atoms with Crippen molar-refractivity contribution in [1.29, 1.82) is 0 Å². The Kier molecular flexibility index (Phi) is 3.52. The third kappa shape index (κ3) is 2.98. The van der Waals surface area contributed by atoms with Crippen LogP contribution in [-0.4, -0.2) is 4.98 Å². The van der Waals surface area contributed by atoms with Gasteiger partial charge in [0.05, 0.1) is 11.3 Å². The minimum Gasteiger partial charge on any atom is -0.396 e. The maximum absolute atomic E-state index is 13.1. The molecule has 0 unspecified atom stereocenters. The van der Waals surface area contributed by atoms with Crippen LogP contribution in [0.1, 0.15) is 11.1 Å². The Balaban J connectivity index is 2.35. The third-order valence-electron chi connectivity index (χ3n) is 2.59. The van der Waals surface area contributed by atoms with Crippen LogP contribution in [0, 0.1) is 12.7 Å². The van der Waals surface area contributed by atoms with Crippen LogP contribution in [0.5, 0.6) is 0 Å². The van der Waals surface area contributed by atoms with Crippen molar-refractivity contribution in [2.75, 3.05) is 11.1 Å². The molecule has 2 aromatic rings. The molecular formula is C13H11F4N3. The Bertz CT molecular complexity index is 638. The number of halogens is 4. The highest BCUT2D eigenvalue weighted by Crippen LogP contribution is 2.33. The Morgan fingerprint density at radius 3 is 2.50 bits per heavy atom. The number of nitrogens with two attached hydrogens (primary N) is 1. The zero-order valence-electron chi connectivity index (χ0n) is 10.4. The van der Waals surface area contributed by atoms with Crippen molar-refractivity contribution in [3.8, 4) is 0 Å². The molecule has 3 nitrogen and oxygen atoms in total. The molecule has 0 amide bonds. The van der Waals surface area contributed by atoms with Crippen molar-refractivity contribution >= 4 is 17.2 Å². The van der Waals surface area contributed by atoms with Crippen LogP contribution >= 0.6 is 0 Å². The van der Waals surface area contributed by atoms with E-state index in [1.165, 1.54) is 12.3 Å². The summed E-state index contributed by atoms with van der Waals surface area (Å²) in [7, 11) is 0. The molecule has 20 heavy (non-hydrogen) atoms. The van der Waals surface area contributed by atoms with Gasteiger partial charge in [-0.25, -0.2) is 9.37 Å². The van der Waals surface area contributed by atoms with Crippen LogP contribution in [-0.2, 0) is 6.18 Å². The topological polar surface area (TPSA) is 50.9 Å². The van der Waals surface area contributed by atoms with Crippen LogP contribution < -0.4 is 11.1 Å². The van der Waals surface area contributed by atoms with E-state index in [0.717, 1.165) is 11.6 Å². The first-order valence-electron chi connectivity index (χ1n) is 5.63. The Morgan fingerprint density at radius 2 is 1.90 bits per heavy atom. The normalized spacial score (nSPS) is 11.4. The number of hydrogen-bond acceptors (Lipinski definition) is 3. The third-order valence-corrected chi connectivity index (χ3v) is 2.59. The number of aromatic nitrogens is 1. The highest BCUT2D eigenvalue weighted by atomic mass is 19.4. The van der Waals surface area contributed by atoms with E-state index in [4.69, 9.17) is 5.73 Å². The van der Waals surface area contributed by atoms with E-state index >= 15 is 0 Å². The molecule has 7 heteroatoms. The lowest BCUT2D eigenvalue weighted by Gasteiger charge is -2.12. The lowest BCUT2D eigenvalue weighted by atomic mass is 10.1. The van der Waals surface area contributed by atoms with E-state index in [-0.39, 0.29) is 11.5 Å². The van der Waals surface area contributed by atoms with Gasteiger partial charge in [-0.05, 0) is 36.8 Å². The Labute approximate surface area is 112 Å². The minimum absolute atomic E-state index is 0.0572. The second-order valence-electron chi connectivity index (χ2n) is 4.27. The number of rotatable bonds is 2. The molecule has 0 aliphatic heterocycles. The van der Waals surface area contributed by atoms with Crippen molar-refractivity contribution in [2.24, 2.45) is 0 Å². The average molecular weight is 285 g/mol. The summed E-state index contributed by atoms with van der Waals surface area (Å²) in [5, 5.41) is 2.64. The summed E-state index contributed by atoms with van der Waals surface area (Å²) in [5.74, 6) is -1.11. The highest BCUT2D eigenvalue weighted by Gasteiger charge is 2.34. The van der Waals surface area contributed by atoms with E-state index in [0.29, 0.717) is 11.8 Å². The maximum Gasteiger partial charge on any atom is 0.419 e. The molecule has 0 aliphatic rings. The van der Waals surface area contributed by atoms with E-state index in [1.807, 2.05) is 0 Å². The summed E-state index contributed by atoms with van der Waals surface area (Å²) in [6, 6.07) is 4.24. The van der Waals surface area contributed by atoms with Crippen molar-refractivity contribution in [2.45, 2.75) is 13.1 Å². The summed E-state index contributed by atoms with van der Waals surface area (Å²) in [6.07, 6.45) is -3.24.